The number of hydrogen-bond donors (Lipinski definition) is 1. The first-order chi connectivity index (χ1) is 10.2. The summed E-state index contributed by atoms with van der Waals surface area (Å²) in [6.45, 7) is 4.54. The minimum atomic E-state index is -0.491. The lowest BCUT2D eigenvalue weighted by Crippen LogP contribution is -2.36. The van der Waals surface area contributed by atoms with Gasteiger partial charge in [-0.05, 0) is 25.5 Å². The Hall–Kier alpha value is -1.36. The van der Waals surface area contributed by atoms with Gasteiger partial charge < -0.3 is 19.3 Å². The van der Waals surface area contributed by atoms with Gasteiger partial charge in [0.15, 0.2) is 6.29 Å². The number of methoxy groups -OCH3 is 1. The van der Waals surface area contributed by atoms with Gasteiger partial charge in [-0.2, -0.15) is 0 Å². The molecule has 0 bridgehead atoms. The van der Waals surface area contributed by atoms with Gasteiger partial charge in [0.1, 0.15) is 5.75 Å². The molecule has 1 aliphatic rings. The maximum Gasteiger partial charge on any atom is 0.184 e. The number of aliphatic hydroxyl groups is 1. The Morgan fingerprint density at radius 3 is 2.67 bits per heavy atom. The molecule has 4 atom stereocenters. The van der Waals surface area contributed by atoms with Gasteiger partial charge in [0.2, 0.25) is 0 Å². The van der Waals surface area contributed by atoms with Crippen molar-refractivity contribution < 1.29 is 19.3 Å². The molecule has 1 N–H and O–H groups in total. The average Bonchev–Trinajstić information content (AvgIpc) is 2.54. The van der Waals surface area contributed by atoms with Crippen LogP contribution < -0.4 is 4.74 Å². The Kier molecular flexibility index (Phi) is 5.79. The lowest BCUT2D eigenvalue weighted by Gasteiger charge is -2.35. The van der Waals surface area contributed by atoms with Crippen LogP contribution in [0.5, 0.6) is 5.75 Å². The quantitative estimate of drug-likeness (QED) is 0.847. The summed E-state index contributed by atoms with van der Waals surface area (Å²) < 4.78 is 16.9. The summed E-state index contributed by atoms with van der Waals surface area (Å²) in [6.07, 6.45) is 3.57. The zero-order valence-electron chi connectivity index (χ0n) is 12.9. The maximum absolute atomic E-state index is 10.1. The summed E-state index contributed by atoms with van der Waals surface area (Å²) in [5.41, 5.74) is 0.966. The van der Waals surface area contributed by atoms with Crippen molar-refractivity contribution in [2.24, 2.45) is 5.92 Å². The van der Waals surface area contributed by atoms with E-state index in [1.54, 1.807) is 13.2 Å². The van der Waals surface area contributed by atoms with Gasteiger partial charge in [-0.1, -0.05) is 31.2 Å². The van der Waals surface area contributed by atoms with Crippen molar-refractivity contribution in [2.75, 3.05) is 13.7 Å². The second-order valence-corrected chi connectivity index (χ2v) is 5.31. The number of aliphatic hydroxyl groups excluding tert-OH is 1. The van der Waals surface area contributed by atoms with Crippen LogP contribution in [0.2, 0.25) is 0 Å². The van der Waals surface area contributed by atoms with Crippen molar-refractivity contribution in [2.45, 2.75) is 38.8 Å². The summed E-state index contributed by atoms with van der Waals surface area (Å²) in [5, 5.41) is 10.1. The normalized spacial score (nSPS) is 25.7. The Morgan fingerprint density at radius 2 is 2.05 bits per heavy atom. The molecule has 1 fully saturated rings. The van der Waals surface area contributed by atoms with E-state index < -0.39 is 6.10 Å². The van der Waals surface area contributed by atoms with Crippen LogP contribution in [0.25, 0.3) is 0 Å². The predicted octanol–water partition coefficient (Wildman–Crippen LogP) is 3.07. The minimum Gasteiger partial charge on any atom is -0.497 e. The van der Waals surface area contributed by atoms with E-state index in [1.807, 2.05) is 44.2 Å². The van der Waals surface area contributed by atoms with Gasteiger partial charge in [-0.15, -0.1) is 0 Å². The summed E-state index contributed by atoms with van der Waals surface area (Å²) in [4.78, 5) is 0. The number of hydrogen-bond acceptors (Lipinski definition) is 4. The first kappa shape index (κ1) is 16.0. The van der Waals surface area contributed by atoms with Gasteiger partial charge >= 0.3 is 0 Å². The Labute approximate surface area is 126 Å². The Bertz CT molecular complexity index is 454. The lowest BCUT2D eigenvalue weighted by atomic mass is 9.94. The highest BCUT2D eigenvalue weighted by molar-refractivity contribution is 5.28. The van der Waals surface area contributed by atoms with Crippen molar-refractivity contribution >= 4 is 0 Å². The molecule has 116 valence electrons. The topological polar surface area (TPSA) is 47.9 Å². The van der Waals surface area contributed by atoms with Crippen molar-refractivity contribution in [1.29, 1.82) is 0 Å². The second-order valence-electron chi connectivity index (χ2n) is 5.31. The third-order valence-electron chi connectivity index (χ3n) is 3.87. The fourth-order valence-corrected chi connectivity index (χ4v) is 2.47. The lowest BCUT2D eigenvalue weighted by molar-refractivity contribution is -0.232. The molecule has 1 aromatic carbocycles. The predicted molar refractivity (Wildman–Crippen MR) is 81.2 cm³/mol. The molecule has 0 spiro atoms. The fourth-order valence-electron chi connectivity index (χ4n) is 2.47. The molecule has 21 heavy (non-hydrogen) atoms. The van der Waals surface area contributed by atoms with Crippen LogP contribution in [0.15, 0.2) is 36.4 Å². The first-order valence-electron chi connectivity index (χ1n) is 7.37. The standard InChI is InChI=1S/C17H24O4/c1-4-5-15(18)12(2)16-10-11-20-17(21-16)13-6-8-14(19-3)9-7-13/h4-9,12,15-18H,10-11H2,1-3H3/b5-4+. The highest BCUT2D eigenvalue weighted by atomic mass is 16.7. The third kappa shape index (κ3) is 4.06. The largest absolute Gasteiger partial charge is 0.497 e. The van der Waals surface area contributed by atoms with Crippen LogP contribution in [0.3, 0.4) is 0 Å². The molecule has 4 nitrogen and oxygen atoms in total. The number of ether oxygens (including phenoxy) is 3. The van der Waals surface area contributed by atoms with Gasteiger partial charge in [0.05, 0.1) is 25.9 Å². The van der Waals surface area contributed by atoms with E-state index in [9.17, 15) is 5.11 Å². The van der Waals surface area contributed by atoms with Crippen LogP contribution in [-0.2, 0) is 9.47 Å². The number of benzene rings is 1. The summed E-state index contributed by atoms with van der Waals surface area (Å²) in [5.74, 6) is 0.842. The molecular formula is C17H24O4. The monoisotopic (exact) mass is 292 g/mol. The van der Waals surface area contributed by atoms with Crippen LogP contribution in [0.4, 0.5) is 0 Å². The highest BCUT2D eigenvalue weighted by Crippen LogP contribution is 2.31. The maximum atomic E-state index is 10.1. The molecule has 1 heterocycles. The summed E-state index contributed by atoms with van der Waals surface area (Å²) >= 11 is 0. The molecular weight excluding hydrogens is 268 g/mol. The van der Waals surface area contributed by atoms with E-state index in [0.717, 1.165) is 17.7 Å². The molecule has 0 amide bonds. The molecule has 1 aromatic rings. The van der Waals surface area contributed by atoms with E-state index in [2.05, 4.69) is 0 Å². The van der Waals surface area contributed by atoms with Gasteiger partial charge in [-0.3, -0.25) is 0 Å². The van der Waals surface area contributed by atoms with Crippen LogP contribution >= 0.6 is 0 Å². The summed E-state index contributed by atoms with van der Waals surface area (Å²) in [7, 11) is 1.64. The first-order valence-corrected chi connectivity index (χ1v) is 7.37. The fraction of sp³-hybridized carbons (Fsp3) is 0.529. The van der Waals surface area contributed by atoms with Crippen LogP contribution in [-0.4, -0.2) is 31.0 Å². The molecule has 0 saturated carbocycles. The smallest absolute Gasteiger partial charge is 0.184 e. The molecule has 1 aliphatic heterocycles. The molecule has 2 rings (SSSR count). The molecule has 0 radical (unpaired) electrons. The van der Waals surface area contributed by atoms with E-state index >= 15 is 0 Å². The minimum absolute atomic E-state index is 0.0166. The number of allylic oxidation sites excluding steroid dienone is 1. The van der Waals surface area contributed by atoms with Crippen molar-refractivity contribution in [1.82, 2.24) is 0 Å². The molecule has 4 heteroatoms. The molecule has 0 aromatic heterocycles. The van der Waals surface area contributed by atoms with Crippen LogP contribution in [0, 0.1) is 5.92 Å². The van der Waals surface area contributed by atoms with Gasteiger partial charge in [0, 0.05) is 11.5 Å². The second kappa shape index (κ2) is 7.59. The van der Waals surface area contributed by atoms with Crippen LogP contribution in [0.1, 0.15) is 32.1 Å². The van der Waals surface area contributed by atoms with E-state index in [-0.39, 0.29) is 18.3 Å². The van der Waals surface area contributed by atoms with E-state index in [0.29, 0.717) is 6.61 Å². The Morgan fingerprint density at radius 1 is 1.33 bits per heavy atom. The molecule has 0 aliphatic carbocycles. The highest BCUT2D eigenvalue weighted by Gasteiger charge is 2.30. The van der Waals surface area contributed by atoms with Gasteiger partial charge in [0.25, 0.3) is 0 Å². The zero-order chi connectivity index (χ0) is 15.2. The third-order valence-corrected chi connectivity index (χ3v) is 3.87. The van der Waals surface area contributed by atoms with Crippen molar-refractivity contribution in [3.05, 3.63) is 42.0 Å². The average molecular weight is 292 g/mol. The van der Waals surface area contributed by atoms with Crippen molar-refractivity contribution in [3.63, 3.8) is 0 Å². The van der Waals surface area contributed by atoms with E-state index in [1.165, 1.54) is 0 Å². The van der Waals surface area contributed by atoms with Gasteiger partial charge in [-0.25, -0.2) is 0 Å². The van der Waals surface area contributed by atoms with Crippen molar-refractivity contribution in [3.8, 4) is 5.75 Å². The molecule has 4 unspecified atom stereocenters. The number of rotatable bonds is 5. The molecule has 1 saturated heterocycles. The van der Waals surface area contributed by atoms with E-state index in [4.69, 9.17) is 14.2 Å². The summed E-state index contributed by atoms with van der Waals surface area (Å²) in [6, 6.07) is 7.67. The Balaban J connectivity index is 2.02. The zero-order valence-corrected chi connectivity index (χ0v) is 12.9. The SMILES string of the molecule is C/C=C/C(O)C(C)C1CCOC(c2ccc(OC)cc2)O1.